The molecule has 0 aliphatic rings. The Morgan fingerprint density at radius 1 is 1.10 bits per heavy atom. The van der Waals surface area contributed by atoms with E-state index in [2.05, 4.69) is 14.8 Å². The second kappa shape index (κ2) is 8.21. The van der Waals surface area contributed by atoms with Gasteiger partial charge in [-0.1, -0.05) is 30.0 Å². The lowest BCUT2D eigenvalue weighted by molar-refractivity contribution is 0.102. The summed E-state index contributed by atoms with van der Waals surface area (Å²) < 4.78 is 17.1. The molecule has 0 unspecified atom stereocenters. The van der Waals surface area contributed by atoms with E-state index in [1.165, 1.54) is 23.9 Å². The number of hydrogen-bond donors (Lipinski definition) is 0. The maximum absolute atomic E-state index is 13.1. The molecule has 0 N–H and O–H groups in total. The van der Waals surface area contributed by atoms with Crippen molar-refractivity contribution in [3.05, 3.63) is 83.1 Å². The lowest BCUT2D eigenvalue weighted by atomic mass is 10.1. The Hall–Kier alpha value is -2.93. The number of carbonyl (C=O) groups excluding carboxylic acids is 1. The minimum absolute atomic E-state index is 0.0730. The second-order valence-electron chi connectivity index (χ2n) is 6.94. The van der Waals surface area contributed by atoms with Gasteiger partial charge in [0.25, 0.3) is 0 Å². The van der Waals surface area contributed by atoms with Gasteiger partial charge < -0.3 is 4.57 Å². The zero-order valence-corrected chi connectivity index (χ0v) is 17.1. The zero-order chi connectivity index (χ0) is 20.4. The first-order valence-corrected chi connectivity index (χ1v) is 10.4. The topological polar surface area (TPSA) is 52.2 Å². The Bertz CT molecular complexity index is 1160. The van der Waals surface area contributed by atoms with Crippen LogP contribution in [0, 0.1) is 19.7 Å². The smallest absolute Gasteiger partial charge is 0.196 e. The SMILES string of the molecule is Cc1cc(C(=O)CSc2nnc3ccccn23)c(C)n1CCc1ccc(F)cc1. The van der Waals surface area contributed by atoms with Crippen molar-refractivity contribution < 1.29 is 9.18 Å². The number of ketones is 1. The molecule has 148 valence electrons. The van der Waals surface area contributed by atoms with E-state index in [-0.39, 0.29) is 11.6 Å². The van der Waals surface area contributed by atoms with E-state index < -0.39 is 0 Å². The van der Waals surface area contributed by atoms with Crippen LogP contribution in [0.25, 0.3) is 5.65 Å². The third-order valence-electron chi connectivity index (χ3n) is 5.03. The Balaban J connectivity index is 1.45. The number of thioether (sulfide) groups is 1. The molecule has 0 atom stereocenters. The Kier molecular flexibility index (Phi) is 5.49. The summed E-state index contributed by atoms with van der Waals surface area (Å²) >= 11 is 1.39. The summed E-state index contributed by atoms with van der Waals surface area (Å²) in [5, 5.41) is 8.99. The molecule has 0 aliphatic carbocycles. The van der Waals surface area contributed by atoms with Crippen molar-refractivity contribution in [1.29, 1.82) is 0 Å². The Morgan fingerprint density at radius 3 is 2.69 bits per heavy atom. The molecule has 0 fully saturated rings. The van der Waals surface area contributed by atoms with E-state index in [0.29, 0.717) is 10.9 Å². The number of aryl methyl sites for hydroxylation is 2. The van der Waals surface area contributed by atoms with Crippen molar-refractivity contribution in [3.63, 3.8) is 0 Å². The lowest BCUT2D eigenvalue weighted by Crippen LogP contribution is -2.08. The van der Waals surface area contributed by atoms with Gasteiger partial charge in [0.1, 0.15) is 5.82 Å². The van der Waals surface area contributed by atoms with E-state index >= 15 is 0 Å². The van der Waals surface area contributed by atoms with E-state index in [9.17, 15) is 9.18 Å². The molecule has 0 radical (unpaired) electrons. The van der Waals surface area contributed by atoms with Crippen molar-refractivity contribution in [2.24, 2.45) is 0 Å². The van der Waals surface area contributed by atoms with E-state index in [4.69, 9.17) is 0 Å². The highest BCUT2D eigenvalue weighted by Gasteiger charge is 2.17. The quantitative estimate of drug-likeness (QED) is 0.334. The van der Waals surface area contributed by atoms with Gasteiger partial charge in [0.2, 0.25) is 0 Å². The first kappa shape index (κ1) is 19.4. The fourth-order valence-corrected chi connectivity index (χ4v) is 4.25. The van der Waals surface area contributed by atoms with Gasteiger partial charge in [-0.25, -0.2) is 4.39 Å². The van der Waals surface area contributed by atoms with Crippen molar-refractivity contribution in [1.82, 2.24) is 19.2 Å². The van der Waals surface area contributed by atoms with Crippen LogP contribution in [0.15, 0.2) is 59.9 Å². The van der Waals surface area contributed by atoms with Gasteiger partial charge >= 0.3 is 0 Å². The molecule has 5 nitrogen and oxygen atoms in total. The van der Waals surface area contributed by atoms with Crippen LogP contribution in [0.3, 0.4) is 0 Å². The number of rotatable bonds is 7. The summed E-state index contributed by atoms with van der Waals surface area (Å²) in [4.78, 5) is 12.8. The maximum Gasteiger partial charge on any atom is 0.196 e. The number of benzene rings is 1. The summed E-state index contributed by atoms with van der Waals surface area (Å²) in [7, 11) is 0. The van der Waals surface area contributed by atoms with Gasteiger partial charge in [-0.2, -0.15) is 0 Å². The number of fused-ring (bicyclic) bond motifs is 1. The predicted molar refractivity (Wildman–Crippen MR) is 112 cm³/mol. The van der Waals surface area contributed by atoms with Gasteiger partial charge in [-0.3, -0.25) is 9.20 Å². The van der Waals surface area contributed by atoms with E-state index in [0.717, 1.165) is 41.1 Å². The summed E-state index contributed by atoms with van der Waals surface area (Å²) in [5.41, 5.74) is 4.58. The number of nitrogens with zero attached hydrogens (tertiary/aromatic N) is 4. The summed E-state index contributed by atoms with van der Waals surface area (Å²) in [6.07, 6.45) is 2.67. The molecule has 0 amide bonds. The minimum atomic E-state index is -0.229. The minimum Gasteiger partial charge on any atom is -0.348 e. The molecule has 0 spiro atoms. The standard InChI is InChI=1S/C22H21FN4OS/c1-15-13-19(16(2)26(15)12-10-17-6-8-18(23)9-7-17)20(28)14-29-22-25-24-21-5-3-4-11-27(21)22/h3-9,11,13H,10,12,14H2,1-2H3. The molecule has 4 rings (SSSR count). The third kappa shape index (κ3) is 4.10. The largest absolute Gasteiger partial charge is 0.348 e. The fraction of sp³-hybridized carbons (Fsp3) is 0.227. The lowest BCUT2D eigenvalue weighted by Gasteiger charge is -2.10. The molecule has 0 aliphatic heterocycles. The van der Waals surface area contributed by atoms with Crippen LogP contribution in [0.1, 0.15) is 27.3 Å². The number of halogens is 1. The molecule has 1 aromatic carbocycles. The molecule has 3 aromatic heterocycles. The highest BCUT2D eigenvalue weighted by atomic mass is 32.2. The number of hydrogen-bond acceptors (Lipinski definition) is 4. The van der Waals surface area contributed by atoms with E-state index in [1.54, 1.807) is 12.1 Å². The van der Waals surface area contributed by atoms with Gasteiger partial charge in [-0.15, -0.1) is 10.2 Å². The van der Waals surface area contributed by atoms with Gasteiger partial charge in [0, 0.05) is 29.7 Å². The third-order valence-corrected chi connectivity index (χ3v) is 5.97. The Labute approximate surface area is 172 Å². The number of Topliss-reactive ketones (excluding diaryl/α,β-unsaturated/α-hetero) is 1. The molecule has 3 heterocycles. The maximum atomic E-state index is 13.1. The fourth-order valence-electron chi connectivity index (χ4n) is 3.45. The molecular formula is C22H21FN4OS. The Morgan fingerprint density at radius 2 is 1.90 bits per heavy atom. The average Bonchev–Trinajstić information content (AvgIpc) is 3.26. The summed E-state index contributed by atoms with van der Waals surface area (Å²) in [5.74, 6) is 0.148. The predicted octanol–water partition coefficient (Wildman–Crippen LogP) is 4.50. The van der Waals surface area contributed by atoms with Crippen LogP contribution in [-0.4, -0.2) is 30.7 Å². The zero-order valence-electron chi connectivity index (χ0n) is 16.3. The average molecular weight is 409 g/mol. The summed E-state index contributed by atoms with van der Waals surface area (Å²) in [6, 6.07) is 14.2. The van der Waals surface area contributed by atoms with Crippen LogP contribution in [-0.2, 0) is 13.0 Å². The number of carbonyl (C=O) groups is 1. The van der Waals surface area contributed by atoms with Gasteiger partial charge in [-0.05, 0) is 56.2 Å². The molecule has 0 saturated carbocycles. The highest BCUT2D eigenvalue weighted by molar-refractivity contribution is 7.99. The van der Waals surface area contributed by atoms with Crippen LogP contribution in [0.5, 0.6) is 0 Å². The highest BCUT2D eigenvalue weighted by Crippen LogP contribution is 2.22. The van der Waals surface area contributed by atoms with Crippen molar-refractivity contribution in [2.75, 3.05) is 5.75 Å². The first-order chi connectivity index (χ1) is 14.0. The summed E-state index contributed by atoms with van der Waals surface area (Å²) in [6.45, 7) is 4.73. The molecule has 0 saturated heterocycles. The number of aromatic nitrogens is 4. The van der Waals surface area contributed by atoms with Crippen LogP contribution < -0.4 is 0 Å². The van der Waals surface area contributed by atoms with Gasteiger partial charge in [0.15, 0.2) is 16.6 Å². The van der Waals surface area contributed by atoms with Crippen molar-refractivity contribution >= 4 is 23.2 Å². The van der Waals surface area contributed by atoms with Crippen LogP contribution >= 0.6 is 11.8 Å². The van der Waals surface area contributed by atoms with Crippen LogP contribution in [0.4, 0.5) is 4.39 Å². The first-order valence-electron chi connectivity index (χ1n) is 9.40. The molecule has 29 heavy (non-hydrogen) atoms. The second-order valence-corrected chi connectivity index (χ2v) is 7.88. The molecule has 7 heteroatoms. The molecular weight excluding hydrogens is 387 g/mol. The molecule has 0 bridgehead atoms. The van der Waals surface area contributed by atoms with Crippen LogP contribution in [0.2, 0.25) is 0 Å². The van der Waals surface area contributed by atoms with Crippen molar-refractivity contribution in [3.8, 4) is 0 Å². The monoisotopic (exact) mass is 408 g/mol. The van der Waals surface area contributed by atoms with Crippen molar-refractivity contribution in [2.45, 2.75) is 32.0 Å². The van der Waals surface area contributed by atoms with E-state index in [1.807, 2.05) is 48.7 Å². The number of pyridine rings is 1. The molecule has 4 aromatic rings. The normalized spacial score (nSPS) is 11.3. The van der Waals surface area contributed by atoms with Gasteiger partial charge in [0.05, 0.1) is 5.75 Å².